The number of aryl methyl sites for hydroxylation is 2. The van der Waals surface area contributed by atoms with Crippen molar-refractivity contribution in [1.29, 1.82) is 0 Å². The van der Waals surface area contributed by atoms with Crippen LogP contribution >= 0.6 is 0 Å². The number of fused-ring (bicyclic) bond motifs is 2. The van der Waals surface area contributed by atoms with Crippen molar-refractivity contribution in [3.8, 4) is 0 Å². The first kappa shape index (κ1) is 30.2. The van der Waals surface area contributed by atoms with Crippen molar-refractivity contribution in [2.75, 3.05) is 11.5 Å². The van der Waals surface area contributed by atoms with Gasteiger partial charge in [-0.2, -0.15) is 4.57 Å². The molecule has 0 fully saturated rings. The maximum atomic E-state index is 14.0. The van der Waals surface area contributed by atoms with Crippen LogP contribution in [0.2, 0.25) is 0 Å². The number of anilines is 3. The molecule has 0 bridgehead atoms. The van der Waals surface area contributed by atoms with Gasteiger partial charge in [-0.1, -0.05) is 47.5 Å². The summed E-state index contributed by atoms with van der Waals surface area (Å²) in [5.41, 5.74) is -0.680. The summed E-state index contributed by atoms with van der Waals surface area (Å²) < 4.78 is 2.13. The molecule has 6 rings (SSSR count). The van der Waals surface area contributed by atoms with Gasteiger partial charge in [-0.25, -0.2) is 14.2 Å². The van der Waals surface area contributed by atoms with Gasteiger partial charge < -0.3 is 5.11 Å². The summed E-state index contributed by atoms with van der Waals surface area (Å²) in [5, 5.41) is 9.41. The maximum Gasteiger partial charge on any atom is 0.339 e. The molecule has 0 amide bonds. The number of aliphatic hydroxyl groups is 1. The number of nitrogens with one attached hydrogen (secondary N) is 1. The van der Waals surface area contributed by atoms with E-state index < -0.39 is 34.3 Å². The molecule has 0 saturated carbocycles. The fraction of sp³-hybridized carbons (Fsp3) is 0.176. The number of aliphatic hydroxyl groups excluding tert-OH is 1. The van der Waals surface area contributed by atoms with Crippen LogP contribution in [0.5, 0.6) is 0 Å². The Hall–Kier alpha value is -5.88. The average Bonchev–Trinajstić information content (AvgIpc) is 3.04. The van der Waals surface area contributed by atoms with Gasteiger partial charge in [0.05, 0.1) is 11.1 Å². The number of nitrogens with zero attached hydrogens (tertiary/aromatic N) is 4. The zero-order valence-electron chi connectivity index (χ0n) is 25.2. The zero-order chi connectivity index (χ0) is 32.9. The second kappa shape index (κ2) is 11.6. The van der Waals surface area contributed by atoms with Gasteiger partial charge in [0.15, 0.2) is 0 Å². The minimum absolute atomic E-state index is 0.0621. The molecule has 5 aromatic rings. The topological polar surface area (TPSA) is 156 Å². The molecule has 2 aromatic heterocycles. The van der Waals surface area contributed by atoms with E-state index >= 15 is 0 Å². The molecule has 0 spiro atoms. The fourth-order valence-electron chi connectivity index (χ4n) is 5.55. The van der Waals surface area contributed by atoms with Crippen molar-refractivity contribution < 1.29 is 14.7 Å². The van der Waals surface area contributed by atoms with Crippen LogP contribution in [0, 0.1) is 13.8 Å². The Morgan fingerprint density at radius 3 is 1.83 bits per heavy atom. The van der Waals surface area contributed by atoms with E-state index in [0.717, 1.165) is 25.8 Å². The van der Waals surface area contributed by atoms with E-state index in [1.165, 1.54) is 24.1 Å². The van der Waals surface area contributed by atoms with Gasteiger partial charge in [0.1, 0.15) is 11.6 Å². The third-order valence-corrected chi connectivity index (χ3v) is 8.09. The molecule has 232 valence electrons. The number of benzene rings is 3. The van der Waals surface area contributed by atoms with Crippen molar-refractivity contribution >= 4 is 29.1 Å². The molecule has 3 heterocycles. The van der Waals surface area contributed by atoms with Gasteiger partial charge in [-0.05, 0) is 62.2 Å². The van der Waals surface area contributed by atoms with Crippen LogP contribution < -0.4 is 27.4 Å². The van der Waals surface area contributed by atoms with E-state index in [2.05, 4.69) is 4.98 Å². The molecule has 0 unspecified atom stereocenters. The number of carbonyl (C=O) groups is 2. The normalized spacial score (nSPS) is 12.0. The summed E-state index contributed by atoms with van der Waals surface area (Å²) in [6.45, 7) is 3.58. The summed E-state index contributed by atoms with van der Waals surface area (Å²) in [6, 6.07) is 19.5. The molecule has 46 heavy (non-hydrogen) atoms. The van der Waals surface area contributed by atoms with Gasteiger partial charge in [0, 0.05) is 36.9 Å². The van der Waals surface area contributed by atoms with E-state index in [0.29, 0.717) is 16.7 Å². The Bertz CT molecular complexity index is 2280. The Kier molecular flexibility index (Phi) is 7.58. The monoisotopic (exact) mass is 619 g/mol. The summed E-state index contributed by atoms with van der Waals surface area (Å²) in [7, 11) is 1.24. The predicted octanol–water partition coefficient (Wildman–Crippen LogP) is 2.30. The maximum absolute atomic E-state index is 14.0. The summed E-state index contributed by atoms with van der Waals surface area (Å²) >= 11 is 0. The minimum atomic E-state index is -1.04. The van der Waals surface area contributed by atoms with Crippen LogP contribution in [0.25, 0.3) is 0 Å². The lowest BCUT2D eigenvalue weighted by Crippen LogP contribution is -2.49. The van der Waals surface area contributed by atoms with Gasteiger partial charge >= 0.3 is 11.4 Å². The molecule has 0 aliphatic carbocycles. The van der Waals surface area contributed by atoms with Crippen molar-refractivity contribution in [2.45, 2.75) is 26.7 Å². The second-order valence-electron chi connectivity index (χ2n) is 11.2. The van der Waals surface area contributed by atoms with Crippen molar-refractivity contribution in [2.24, 2.45) is 7.05 Å². The molecule has 1 aliphatic heterocycles. The van der Waals surface area contributed by atoms with E-state index in [1.54, 1.807) is 60.7 Å². The first-order valence-electron chi connectivity index (χ1n) is 14.5. The summed E-state index contributed by atoms with van der Waals surface area (Å²) in [5.74, 6) is -1.82. The Labute approximate surface area is 261 Å². The Morgan fingerprint density at radius 2 is 1.28 bits per heavy atom. The molecule has 12 heteroatoms. The number of hydrogen-bond donors (Lipinski definition) is 2. The molecular weight excluding hydrogens is 590 g/mol. The van der Waals surface area contributed by atoms with Gasteiger partial charge in [-0.3, -0.25) is 33.6 Å². The lowest BCUT2D eigenvalue weighted by Gasteiger charge is -2.33. The van der Waals surface area contributed by atoms with E-state index in [1.807, 2.05) is 13.8 Å². The third kappa shape index (κ3) is 4.94. The highest BCUT2D eigenvalue weighted by Crippen LogP contribution is 2.40. The van der Waals surface area contributed by atoms with Crippen LogP contribution in [0.4, 0.5) is 17.3 Å². The number of hydrogen-bond acceptors (Lipinski definition) is 8. The van der Waals surface area contributed by atoms with Crippen LogP contribution in [0.15, 0.2) is 92.0 Å². The number of aromatic amines is 1. The zero-order valence-corrected chi connectivity index (χ0v) is 25.2. The first-order valence-corrected chi connectivity index (χ1v) is 14.5. The molecule has 0 radical (unpaired) electrons. The molecule has 2 N–H and O–H groups in total. The molecule has 1 aliphatic rings. The lowest BCUT2D eigenvalue weighted by molar-refractivity contribution is 0.0945. The number of rotatable bonds is 5. The van der Waals surface area contributed by atoms with Crippen LogP contribution in [0.1, 0.15) is 48.5 Å². The van der Waals surface area contributed by atoms with E-state index in [4.69, 9.17) is 0 Å². The smallest absolute Gasteiger partial charge is 0.339 e. The number of H-pyrrole nitrogens is 1. The van der Waals surface area contributed by atoms with Crippen LogP contribution in [-0.4, -0.2) is 42.2 Å². The number of aromatic nitrogens is 4. The molecule has 0 saturated heterocycles. The van der Waals surface area contributed by atoms with Crippen molar-refractivity contribution in [3.05, 3.63) is 153 Å². The molecule has 3 aromatic carbocycles. The van der Waals surface area contributed by atoms with Crippen LogP contribution in [-0.2, 0) is 19.9 Å². The first-order chi connectivity index (χ1) is 22.0. The lowest BCUT2D eigenvalue weighted by atomic mass is 10.0. The third-order valence-electron chi connectivity index (χ3n) is 8.09. The largest absolute Gasteiger partial charge is 0.396 e. The van der Waals surface area contributed by atoms with Crippen molar-refractivity contribution in [3.63, 3.8) is 0 Å². The minimum Gasteiger partial charge on any atom is -0.396 e. The van der Waals surface area contributed by atoms with Crippen molar-refractivity contribution in [1.82, 2.24) is 18.7 Å². The molecule has 0 atom stereocenters. The highest BCUT2D eigenvalue weighted by atomic mass is 16.3. The fourth-order valence-corrected chi connectivity index (χ4v) is 5.55. The van der Waals surface area contributed by atoms with Gasteiger partial charge in [-0.15, -0.1) is 0 Å². The highest BCUT2D eigenvalue weighted by Gasteiger charge is 2.36. The van der Waals surface area contributed by atoms with E-state index in [9.17, 15) is 33.9 Å². The molecule has 12 nitrogen and oxygen atoms in total. The SMILES string of the molecule is Cc1ccc(C(=O)n2c3c(c(=O)n(C)c2=O)Cc2c([nH]c(=O)n(C(=O)c4ccc(C)cc4)c2=O)N3c2ccc(CCO)cc2)cc1. The Morgan fingerprint density at radius 1 is 0.739 bits per heavy atom. The quantitative estimate of drug-likeness (QED) is 0.298. The summed E-state index contributed by atoms with van der Waals surface area (Å²) in [6.07, 6.45) is -0.0258. The standard InChI is InChI=1S/C34H29N5O7/c1-19-4-10-22(11-5-19)29(41)38-28-26(31(43)36(3)34(38)46)18-25-27(37(28)24-14-8-21(9-15-24)16-17-40)35-33(45)39(32(25)44)30(42)23-12-6-20(2)7-13-23/h4-15,40H,16-18H2,1-3H3,(H,35,45). The number of carbonyl (C=O) groups excluding carboxylic acids is 2. The molecular formula is C34H29N5O7. The van der Waals surface area contributed by atoms with Gasteiger partial charge in [0.2, 0.25) is 0 Å². The highest BCUT2D eigenvalue weighted by molar-refractivity contribution is 6.00. The van der Waals surface area contributed by atoms with E-state index in [-0.39, 0.29) is 46.9 Å². The predicted molar refractivity (Wildman–Crippen MR) is 171 cm³/mol. The van der Waals surface area contributed by atoms with Crippen LogP contribution in [0.3, 0.4) is 0 Å². The second-order valence-corrected chi connectivity index (χ2v) is 11.2. The Balaban J connectivity index is 1.65. The van der Waals surface area contributed by atoms with Gasteiger partial charge in [0.25, 0.3) is 22.9 Å². The average molecular weight is 620 g/mol. The summed E-state index contributed by atoms with van der Waals surface area (Å²) in [4.78, 5) is 86.3.